The zero-order valence-corrected chi connectivity index (χ0v) is 14.9. The zero-order chi connectivity index (χ0) is 19.9. The highest BCUT2D eigenvalue weighted by Gasteiger charge is 2.45. The van der Waals surface area contributed by atoms with E-state index in [4.69, 9.17) is 16.4 Å². The molecule has 0 spiro atoms. The van der Waals surface area contributed by atoms with Gasteiger partial charge >= 0.3 is 12.1 Å². The number of carbonyl (C=O) groups excluding carboxylic acids is 1. The maximum absolute atomic E-state index is 14.0. The molecule has 0 fully saturated rings. The number of rotatable bonds is 2. The molecule has 2 unspecified atom stereocenters. The fraction of sp³-hybridized carbons (Fsp3) is 0.429. The van der Waals surface area contributed by atoms with E-state index in [0.29, 0.717) is 0 Å². The average molecular weight is 419 g/mol. The van der Waals surface area contributed by atoms with Crippen molar-refractivity contribution in [3.8, 4) is 0 Å². The standard InChI is InChI=1S/C14H12ClF5N2O3S/c1-13(2)6-9(21-25-13)26(24,22-12(23)14(18,19)20)11(15)10-7(16)4-3-5-8(10)17/h3-5,11H,6H2,1-2H3. The van der Waals surface area contributed by atoms with Gasteiger partial charge in [0, 0.05) is 6.42 Å². The number of halogens is 6. The van der Waals surface area contributed by atoms with Gasteiger partial charge in [-0.2, -0.15) is 13.2 Å². The number of alkyl halides is 4. The Morgan fingerprint density at radius 2 is 1.88 bits per heavy atom. The predicted molar refractivity (Wildman–Crippen MR) is 83.8 cm³/mol. The van der Waals surface area contributed by atoms with E-state index in [1.165, 1.54) is 13.8 Å². The lowest BCUT2D eigenvalue weighted by Gasteiger charge is -2.18. The van der Waals surface area contributed by atoms with Gasteiger partial charge < -0.3 is 4.84 Å². The van der Waals surface area contributed by atoms with Gasteiger partial charge in [-0.15, -0.1) is 16.0 Å². The summed E-state index contributed by atoms with van der Waals surface area (Å²) in [5.41, 5.74) is -2.05. The highest BCUT2D eigenvalue weighted by molar-refractivity contribution is 8.09. The van der Waals surface area contributed by atoms with Gasteiger partial charge in [-0.3, -0.25) is 4.79 Å². The smallest absolute Gasteiger partial charge is 0.389 e. The molecule has 0 bridgehead atoms. The Hall–Kier alpha value is -1.75. The Morgan fingerprint density at radius 1 is 1.35 bits per heavy atom. The van der Waals surface area contributed by atoms with Crippen molar-refractivity contribution in [3.05, 3.63) is 35.4 Å². The highest BCUT2D eigenvalue weighted by Crippen LogP contribution is 2.38. The van der Waals surface area contributed by atoms with Crippen LogP contribution in [-0.4, -0.2) is 26.9 Å². The number of oxime groups is 1. The molecular weight excluding hydrogens is 407 g/mol. The molecule has 0 aliphatic carbocycles. The topological polar surface area (TPSA) is 68.1 Å². The Labute approximate surface area is 150 Å². The van der Waals surface area contributed by atoms with Crippen molar-refractivity contribution < 1.29 is 35.8 Å². The quantitative estimate of drug-likeness (QED) is 0.532. The van der Waals surface area contributed by atoms with Crippen LogP contribution in [0.4, 0.5) is 22.0 Å². The third-order valence-corrected chi connectivity index (χ3v) is 6.35. The summed E-state index contributed by atoms with van der Waals surface area (Å²) in [6.07, 6.45) is -5.76. The fourth-order valence-corrected chi connectivity index (χ4v) is 4.71. The van der Waals surface area contributed by atoms with Gasteiger partial charge in [-0.1, -0.05) is 11.2 Å². The van der Waals surface area contributed by atoms with Gasteiger partial charge in [0.15, 0.2) is 9.75 Å². The van der Waals surface area contributed by atoms with E-state index in [1.54, 1.807) is 0 Å². The molecule has 1 aromatic rings. The summed E-state index contributed by atoms with van der Waals surface area (Å²) in [5.74, 6) is -5.23. The van der Waals surface area contributed by atoms with Crippen LogP contribution in [0.15, 0.2) is 27.7 Å². The van der Waals surface area contributed by atoms with Crippen molar-refractivity contribution in [3.63, 3.8) is 0 Å². The first-order valence-electron chi connectivity index (χ1n) is 6.98. The Morgan fingerprint density at radius 3 is 2.31 bits per heavy atom. The van der Waals surface area contributed by atoms with E-state index >= 15 is 0 Å². The van der Waals surface area contributed by atoms with Gasteiger partial charge in [0.1, 0.15) is 27.0 Å². The molecule has 1 amide bonds. The Kier molecular flexibility index (Phi) is 5.35. The van der Waals surface area contributed by atoms with Crippen molar-refractivity contribution in [1.29, 1.82) is 0 Å². The van der Waals surface area contributed by atoms with Gasteiger partial charge in [-0.25, -0.2) is 13.0 Å². The van der Waals surface area contributed by atoms with E-state index in [1.807, 2.05) is 0 Å². The normalized spacial score (nSPS) is 19.9. The highest BCUT2D eigenvalue weighted by atomic mass is 35.5. The monoisotopic (exact) mass is 418 g/mol. The molecular formula is C14H12ClF5N2O3S. The molecule has 5 nitrogen and oxygen atoms in total. The SMILES string of the molecule is CC1(C)CC(S(=O)(=NC(=O)C(F)(F)F)C(Cl)c2c(F)cccc2F)=NO1. The number of hydrogen-bond donors (Lipinski definition) is 0. The summed E-state index contributed by atoms with van der Waals surface area (Å²) in [5, 5.41) is 2.81. The number of carbonyl (C=O) groups is 1. The number of nitrogens with zero attached hydrogens (tertiary/aromatic N) is 2. The molecule has 144 valence electrons. The first-order valence-corrected chi connectivity index (χ1v) is 8.99. The maximum Gasteiger partial charge on any atom is 0.474 e. The number of amides is 1. The summed E-state index contributed by atoms with van der Waals surface area (Å²) in [4.78, 5) is 16.2. The van der Waals surface area contributed by atoms with Gasteiger partial charge in [0.25, 0.3) is 0 Å². The van der Waals surface area contributed by atoms with Crippen LogP contribution >= 0.6 is 11.6 Å². The average Bonchev–Trinajstić information content (AvgIpc) is 2.86. The first-order chi connectivity index (χ1) is 11.8. The Balaban J connectivity index is 2.68. The number of benzene rings is 1. The maximum atomic E-state index is 14.0. The van der Waals surface area contributed by atoms with Crippen molar-refractivity contribution >= 4 is 32.3 Å². The van der Waals surface area contributed by atoms with Gasteiger partial charge in [0.2, 0.25) is 0 Å². The van der Waals surface area contributed by atoms with Crippen molar-refractivity contribution in [2.24, 2.45) is 9.52 Å². The molecule has 12 heteroatoms. The molecule has 2 atom stereocenters. The van der Waals surface area contributed by atoms with Crippen molar-refractivity contribution in [1.82, 2.24) is 0 Å². The molecule has 0 aromatic heterocycles. The second kappa shape index (κ2) is 6.76. The van der Waals surface area contributed by atoms with Crippen LogP contribution < -0.4 is 0 Å². The van der Waals surface area contributed by atoms with E-state index in [0.717, 1.165) is 18.2 Å². The molecule has 1 aromatic carbocycles. The summed E-state index contributed by atoms with van der Waals surface area (Å²) < 4.78 is 79.4. The molecule has 1 heterocycles. The predicted octanol–water partition coefficient (Wildman–Crippen LogP) is 4.27. The summed E-state index contributed by atoms with van der Waals surface area (Å²) in [7, 11) is -4.53. The van der Waals surface area contributed by atoms with Gasteiger partial charge in [0.05, 0.1) is 5.56 Å². The molecule has 0 N–H and O–H groups in total. The minimum Gasteiger partial charge on any atom is -0.389 e. The fourth-order valence-electron chi connectivity index (χ4n) is 2.04. The third kappa shape index (κ3) is 3.98. The molecule has 0 saturated heterocycles. The number of hydrogen-bond acceptors (Lipinski definition) is 4. The van der Waals surface area contributed by atoms with Crippen LogP contribution in [0.2, 0.25) is 0 Å². The minimum atomic E-state index is -5.46. The minimum absolute atomic E-state index is 0.306. The lowest BCUT2D eigenvalue weighted by Crippen LogP contribution is -2.28. The lowest BCUT2D eigenvalue weighted by molar-refractivity contribution is -0.169. The molecule has 2 rings (SSSR count). The molecule has 0 saturated carbocycles. The van der Waals surface area contributed by atoms with E-state index < -0.39 is 54.4 Å². The van der Waals surface area contributed by atoms with E-state index in [2.05, 4.69) is 9.52 Å². The summed E-state index contributed by atoms with van der Waals surface area (Å²) in [6, 6.07) is 2.53. The van der Waals surface area contributed by atoms with E-state index in [-0.39, 0.29) is 6.42 Å². The summed E-state index contributed by atoms with van der Waals surface area (Å²) >= 11 is 5.89. The molecule has 0 radical (unpaired) electrons. The van der Waals surface area contributed by atoms with Crippen molar-refractivity contribution in [2.75, 3.05) is 0 Å². The largest absolute Gasteiger partial charge is 0.474 e. The third-order valence-electron chi connectivity index (χ3n) is 3.28. The summed E-state index contributed by atoms with van der Waals surface area (Å²) in [6.45, 7) is 2.95. The van der Waals surface area contributed by atoms with Crippen LogP contribution in [0, 0.1) is 11.6 Å². The van der Waals surface area contributed by atoms with Crippen molar-refractivity contribution in [2.45, 2.75) is 36.8 Å². The second-order valence-corrected chi connectivity index (χ2v) is 8.88. The lowest BCUT2D eigenvalue weighted by atomic mass is 10.1. The zero-order valence-electron chi connectivity index (χ0n) is 13.3. The van der Waals surface area contributed by atoms with Crippen LogP contribution in [0.5, 0.6) is 0 Å². The molecule has 26 heavy (non-hydrogen) atoms. The van der Waals surface area contributed by atoms with Crippen LogP contribution in [0.25, 0.3) is 0 Å². The molecule has 1 aliphatic heterocycles. The van der Waals surface area contributed by atoms with Crippen LogP contribution in [-0.2, 0) is 19.4 Å². The van der Waals surface area contributed by atoms with E-state index in [9.17, 15) is 31.0 Å². The van der Waals surface area contributed by atoms with Crippen LogP contribution in [0.3, 0.4) is 0 Å². The van der Waals surface area contributed by atoms with Crippen LogP contribution in [0.1, 0.15) is 30.5 Å². The molecule has 1 aliphatic rings. The first kappa shape index (κ1) is 20.6. The second-order valence-electron chi connectivity index (χ2n) is 5.93. The van der Waals surface area contributed by atoms with Gasteiger partial charge in [-0.05, 0) is 26.0 Å². The Bertz CT molecular complexity index is 871.